The van der Waals surface area contributed by atoms with Gasteiger partial charge in [-0.05, 0) is 19.1 Å². The Kier molecular flexibility index (Phi) is 3.00. The first kappa shape index (κ1) is 13.4. The molecule has 1 heterocycles. The lowest BCUT2D eigenvalue weighted by Gasteiger charge is -2.13. The van der Waals surface area contributed by atoms with Gasteiger partial charge in [0.25, 0.3) is 0 Å². The summed E-state index contributed by atoms with van der Waals surface area (Å²) in [5, 5.41) is -0.229. The molecular weight excluding hydrogens is 266 g/mol. The standard InChI is InChI=1S/C12H9F4NO2/c1-5-10(18)8-7(19-2)4-3-6(13)9(8)17-11(5)12(14,15)16/h3-4H,1-2H3,(H,17,18). The van der Waals surface area contributed by atoms with Crippen molar-refractivity contribution in [1.29, 1.82) is 0 Å². The summed E-state index contributed by atoms with van der Waals surface area (Å²) in [7, 11) is 1.25. The Bertz CT molecular complexity index is 703. The van der Waals surface area contributed by atoms with E-state index < -0.39 is 34.2 Å². The van der Waals surface area contributed by atoms with Crippen LogP contribution >= 0.6 is 0 Å². The molecule has 0 spiro atoms. The molecule has 2 aromatic rings. The van der Waals surface area contributed by atoms with E-state index in [2.05, 4.69) is 0 Å². The molecule has 0 aliphatic rings. The number of halogens is 4. The number of hydrogen-bond acceptors (Lipinski definition) is 2. The molecule has 0 fully saturated rings. The number of rotatable bonds is 1. The van der Waals surface area contributed by atoms with Gasteiger partial charge < -0.3 is 9.72 Å². The topological polar surface area (TPSA) is 42.1 Å². The first-order valence-corrected chi connectivity index (χ1v) is 5.23. The number of aromatic nitrogens is 1. The van der Waals surface area contributed by atoms with Crippen molar-refractivity contribution in [3.05, 3.63) is 39.4 Å². The summed E-state index contributed by atoms with van der Waals surface area (Å²) in [4.78, 5) is 13.9. The van der Waals surface area contributed by atoms with Gasteiger partial charge in [0.05, 0.1) is 18.0 Å². The lowest BCUT2D eigenvalue weighted by Crippen LogP contribution is -2.19. The Morgan fingerprint density at radius 3 is 2.42 bits per heavy atom. The van der Waals surface area contributed by atoms with E-state index in [1.54, 1.807) is 0 Å². The molecular formula is C12H9F4NO2. The Hall–Kier alpha value is -2.05. The molecule has 7 heteroatoms. The number of benzene rings is 1. The van der Waals surface area contributed by atoms with Crippen LogP contribution in [-0.2, 0) is 6.18 Å². The molecule has 0 aliphatic carbocycles. The predicted octanol–water partition coefficient (Wildman–Crippen LogP) is 3.00. The Labute approximate surface area is 104 Å². The van der Waals surface area contributed by atoms with Gasteiger partial charge >= 0.3 is 6.18 Å². The van der Waals surface area contributed by atoms with Gasteiger partial charge in [0, 0.05) is 5.56 Å². The van der Waals surface area contributed by atoms with Crippen LogP contribution in [0.25, 0.3) is 10.9 Å². The molecule has 1 aromatic heterocycles. The number of hydrogen-bond donors (Lipinski definition) is 1. The highest BCUT2D eigenvalue weighted by Gasteiger charge is 2.35. The third-order valence-electron chi connectivity index (χ3n) is 2.81. The van der Waals surface area contributed by atoms with Crippen LogP contribution in [0.2, 0.25) is 0 Å². The number of aromatic amines is 1. The summed E-state index contributed by atoms with van der Waals surface area (Å²) < 4.78 is 56.7. The molecule has 19 heavy (non-hydrogen) atoms. The molecule has 0 saturated heterocycles. The fourth-order valence-electron chi connectivity index (χ4n) is 1.88. The summed E-state index contributed by atoms with van der Waals surface area (Å²) >= 11 is 0. The number of H-pyrrole nitrogens is 1. The molecule has 3 nitrogen and oxygen atoms in total. The number of methoxy groups -OCH3 is 1. The van der Waals surface area contributed by atoms with Crippen molar-refractivity contribution in [3.63, 3.8) is 0 Å². The van der Waals surface area contributed by atoms with Crippen LogP contribution in [0.15, 0.2) is 16.9 Å². The normalized spacial score (nSPS) is 11.9. The van der Waals surface area contributed by atoms with Gasteiger partial charge in [-0.1, -0.05) is 0 Å². The maximum Gasteiger partial charge on any atom is 0.431 e. The largest absolute Gasteiger partial charge is 0.496 e. The molecule has 0 amide bonds. The first-order valence-electron chi connectivity index (χ1n) is 5.23. The van der Waals surface area contributed by atoms with E-state index in [0.29, 0.717) is 0 Å². The van der Waals surface area contributed by atoms with E-state index in [1.165, 1.54) is 13.2 Å². The van der Waals surface area contributed by atoms with Gasteiger partial charge in [-0.15, -0.1) is 0 Å². The van der Waals surface area contributed by atoms with Gasteiger partial charge in [-0.2, -0.15) is 13.2 Å². The smallest absolute Gasteiger partial charge is 0.431 e. The number of ether oxygens (including phenoxy) is 1. The van der Waals surface area contributed by atoms with Gasteiger partial charge in [-0.25, -0.2) is 4.39 Å². The third-order valence-corrected chi connectivity index (χ3v) is 2.81. The second kappa shape index (κ2) is 4.25. The van der Waals surface area contributed by atoms with Crippen LogP contribution in [0.3, 0.4) is 0 Å². The molecule has 1 N–H and O–H groups in total. The van der Waals surface area contributed by atoms with Crippen molar-refractivity contribution in [2.75, 3.05) is 7.11 Å². The van der Waals surface area contributed by atoms with E-state index >= 15 is 0 Å². The Morgan fingerprint density at radius 1 is 1.26 bits per heavy atom. The van der Waals surface area contributed by atoms with Crippen molar-refractivity contribution in [1.82, 2.24) is 4.98 Å². The van der Waals surface area contributed by atoms with Crippen LogP contribution in [-0.4, -0.2) is 12.1 Å². The summed E-state index contributed by atoms with van der Waals surface area (Å²) in [6, 6.07) is 2.13. The van der Waals surface area contributed by atoms with Crippen molar-refractivity contribution in [3.8, 4) is 5.75 Å². The molecule has 0 radical (unpaired) electrons. The van der Waals surface area contributed by atoms with Crippen LogP contribution in [0.4, 0.5) is 17.6 Å². The molecule has 0 atom stereocenters. The first-order chi connectivity index (χ1) is 8.77. The van der Waals surface area contributed by atoms with Gasteiger partial charge in [0.15, 0.2) is 5.43 Å². The van der Waals surface area contributed by atoms with Gasteiger partial charge in [0.1, 0.15) is 17.3 Å². The monoisotopic (exact) mass is 275 g/mol. The van der Waals surface area contributed by atoms with E-state index in [1.807, 2.05) is 4.98 Å². The number of nitrogens with one attached hydrogen (secondary N) is 1. The predicted molar refractivity (Wildman–Crippen MR) is 60.8 cm³/mol. The van der Waals surface area contributed by atoms with Crippen LogP contribution in [0, 0.1) is 12.7 Å². The zero-order valence-corrected chi connectivity index (χ0v) is 9.98. The maximum absolute atomic E-state index is 13.6. The number of alkyl halides is 3. The molecule has 0 bridgehead atoms. The van der Waals surface area contributed by atoms with Crippen LogP contribution in [0.1, 0.15) is 11.3 Å². The fraction of sp³-hybridized carbons (Fsp3) is 0.250. The highest BCUT2D eigenvalue weighted by Crippen LogP contribution is 2.32. The molecule has 2 rings (SSSR count). The Morgan fingerprint density at radius 2 is 1.89 bits per heavy atom. The molecule has 102 valence electrons. The minimum Gasteiger partial charge on any atom is -0.496 e. The van der Waals surface area contributed by atoms with E-state index in [0.717, 1.165) is 13.0 Å². The maximum atomic E-state index is 13.6. The van der Waals surface area contributed by atoms with Crippen molar-refractivity contribution < 1.29 is 22.3 Å². The summed E-state index contributed by atoms with van der Waals surface area (Å²) in [6.07, 6.45) is -4.76. The second-order valence-electron chi connectivity index (χ2n) is 3.95. The van der Waals surface area contributed by atoms with Crippen LogP contribution in [0.5, 0.6) is 5.75 Å². The van der Waals surface area contributed by atoms with E-state index in [9.17, 15) is 22.4 Å². The quantitative estimate of drug-likeness (QED) is 0.813. The van der Waals surface area contributed by atoms with Crippen molar-refractivity contribution >= 4 is 10.9 Å². The summed E-state index contributed by atoms with van der Waals surface area (Å²) in [5.74, 6) is -0.923. The second-order valence-corrected chi connectivity index (χ2v) is 3.95. The highest BCUT2D eigenvalue weighted by molar-refractivity contribution is 5.86. The molecule has 0 unspecified atom stereocenters. The minimum atomic E-state index is -4.76. The van der Waals surface area contributed by atoms with Gasteiger partial charge in [-0.3, -0.25) is 4.79 Å². The highest BCUT2D eigenvalue weighted by atomic mass is 19.4. The SMILES string of the molecule is COc1ccc(F)c2[nH]c(C(F)(F)F)c(C)c(=O)c12. The minimum absolute atomic E-state index is 0.0227. The van der Waals surface area contributed by atoms with Crippen molar-refractivity contribution in [2.24, 2.45) is 0 Å². The van der Waals surface area contributed by atoms with E-state index in [-0.39, 0.29) is 11.1 Å². The average molecular weight is 275 g/mol. The molecule has 1 aromatic carbocycles. The van der Waals surface area contributed by atoms with E-state index in [4.69, 9.17) is 4.74 Å². The third kappa shape index (κ3) is 2.05. The summed E-state index contributed by atoms with van der Waals surface area (Å²) in [5.41, 5.74) is -3.19. The molecule has 0 saturated carbocycles. The molecule has 0 aliphatic heterocycles. The average Bonchev–Trinajstić information content (AvgIpc) is 2.32. The number of pyridine rings is 1. The zero-order chi connectivity index (χ0) is 14.4. The zero-order valence-electron chi connectivity index (χ0n) is 9.98. The Balaban J connectivity index is 3.00. The van der Waals surface area contributed by atoms with Crippen molar-refractivity contribution in [2.45, 2.75) is 13.1 Å². The fourth-order valence-corrected chi connectivity index (χ4v) is 1.88. The summed E-state index contributed by atoms with van der Waals surface area (Å²) in [6.45, 7) is 1.03. The number of fused-ring (bicyclic) bond motifs is 1. The lowest BCUT2D eigenvalue weighted by molar-refractivity contribution is -0.141. The van der Waals surface area contributed by atoms with Crippen LogP contribution < -0.4 is 10.2 Å². The lowest BCUT2D eigenvalue weighted by atomic mass is 10.1. The van der Waals surface area contributed by atoms with Gasteiger partial charge in [0.2, 0.25) is 0 Å².